The van der Waals surface area contributed by atoms with Crippen LogP contribution in [0.3, 0.4) is 0 Å². The molecule has 0 radical (unpaired) electrons. The number of benzene rings is 1. The lowest BCUT2D eigenvalue weighted by Gasteiger charge is -2.40. The summed E-state index contributed by atoms with van der Waals surface area (Å²) < 4.78 is 11.4. The molecule has 136 valence electrons. The van der Waals surface area contributed by atoms with Crippen molar-refractivity contribution in [1.82, 2.24) is 0 Å². The molecule has 5 atom stereocenters. The molecule has 0 amide bonds. The van der Waals surface area contributed by atoms with Crippen LogP contribution in [-0.2, 0) is 4.74 Å². The van der Waals surface area contributed by atoms with E-state index < -0.39 is 37.1 Å². The molecule has 1 aromatic rings. The molecule has 1 aromatic carbocycles. The van der Waals surface area contributed by atoms with Gasteiger partial charge in [0.25, 0.3) is 0 Å². The van der Waals surface area contributed by atoms with Crippen LogP contribution >= 0.6 is 0 Å². The lowest BCUT2D eigenvalue weighted by molar-refractivity contribution is -0.232. The first-order chi connectivity index (χ1) is 11.6. The summed E-state index contributed by atoms with van der Waals surface area (Å²) in [5.41, 5.74) is 0.602. The van der Waals surface area contributed by atoms with E-state index in [4.69, 9.17) is 9.47 Å². The van der Waals surface area contributed by atoms with Gasteiger partial charge in [-0.05, 0) is 12.5 Å². The van der Waals surface area contributed by atoms with Crippen LogP contribution in [-0.4, -0.2) is 58.1 Å². The first-order valence-corrected chi connectivity index (χ1v) is 8.62. The number of para-hydroxylation sites is 1. The predicted molar refractivity (Wildman–Crippen MR) is 88.8 cm³/mol. The van der Waals surface area contributed by atoms with Gasteiger partial charge < -0.3 is 29.9 Å². The minimum atomic E-state index is -1.39. The molecule has 1 heterocycles. The van der Waals surface area contributed by atoms with Gasteiger partial charge >= 0.3 is 0 Å². The highest BCUT2D eigenvalue weighted by atomic mass is 16.5. The minimum Gasteiger partial charge on any atom is -0.493 e. The Kier molecular flexibility index (Phi) is 7.45. The molecule has 1 aliphatic heterocycles. The second kappa shape index (κ2) is 9.34. The Hall–Kier alpha value is -1.18. The zero-order valence-electron chi connectivity index (χ0n) is 14.0. The van der Waals surface area contributed by atoms with Crippen molar-refractivity contribution in [2.24, 2.45) is 0 Å². The number of aliphatic hydroxyl groups is 4. The quantitative estimate of drug-likeness (QED) is 0.530. The normalized spacial score (nSPS) is 30.3. The maximum absolute atomic E-state index is 10.3. The van der Waals surface area contributed by atoms with E-state index in [-0.39, 0.29) is 0 Å². The second-order valence-electron chi connectivity index (χ2n) is 6.20. The van der Waals surface area contributed by atoms with Crippen molar-refractivity contribution in [1.29, 1.82) is 0 Å². The third-order valence-corrected chi connectivity index (χ3v) is 4.37. The van der Waals surface area contributed by atoms with E-state index in [9.17, 15) is 20.4 Å². The van der Waals surface area contributed by atoms with E-state index in [2.05, 4.69) is 6.92 Å². The van der Waals surface area contributed by atoms with Gasteiger partial charge in [0, 0.05) is 5.56 Å². The Morgan fingerprint density at radius 2 is 1.75 bits per heavy atom. The third-order valence-electron chi connectivity index (χ3n) is 4.37. The molecule has 0 spiro atoms. The number of unbranched alkanes of at least 4 members (excludes halogenated alkanes) is 3. The average molecular weight is 340 g/mol. The standard InChI is InChI=1S/C18H28O6/c1-2-3-4-7-10-23-13-9-6-5-8-12(13)18-17(22)16(21)15(20)14(11-19)24-18/h5-6,8-9,14-22H,2-4,7,10-11H2,1H3/t14-,15+,16+,17-,18?/m1/s1. The van der Waals surface area contributed by atoms with Crippen LogP contribution in [0.4, 0.5) is 0 Å². The van der Waals surface area contributed by atoms with Crippen LogP contribution in [0.1, 0.15) is 44.3 Å². The highest BCUT2D eigenvalue weighted by Crippen LogP contribution is 2.36. The maximum Gasteiger partial charge on any atom is 0.125 e. The fourth-order valence-corrected chi connectivity index (χ4v) is 2.92. The van der Waals surface area contributed by atoms with Crippen LogP contribution in [0.15, 0.2) is 24.3 Å². The van der Waals surface area contributed by atoms with Crippen molar-refractivity contribution in [3.05, 3.63) is 29.8 Å². The van der Waals surface area contributed by atoms with Crippen LogP contribution in [0.25, 0.3) is 0 Å². The van der Waals surface area contributed by atoms with Gasteiger partial charge in [-0.1, -0.05) is 44.4 Å². The number of ether oxygens (including phenoxy) is 2. The van der Waals surface area contributed by atoms with Crippen LogP contribution < -0.4 is 4.74 Å². The molecule has 0 bridgehead atoms. The van der Waals surface area contributed by atoms with E-state index in [0.29, 0.717) is 17.9 Å². The monoisotopic (exact) mass is 340 g/mol. The molecule has 0 saturated carbocycles. The van der Waals surface area contributed by atoms with Gasteiger partial charge in [-0.3, -0.25) is 0 Å². The Morgan fingerprint density at radius 3 is 2.46 bits per heavy atom. The molecule has 24 heavy (non-hydrogen) atoms. The first kappa shape index (κ1) is 19.1. The predicted octanol–water partition coefficient (Wildman–Crippen LogP) is 1.16. The number of hydrogen-bond donors (Lipinski definition) is 4. The molecule has 6 heteroatoms. The van der Waals surface area contributed by atoms with E-state index in [0.717, 1.165) is 25.7 Å². The summed E-state index contributed by atoms with van der Waals surface area (Å²) in [6.07, 6.45) is -1.48. The van der Waals surface area contributed by atoms with Crippen LogP contribution in [0.2, 0.25) is 0 Å². The minimum absolute atomic E-state index is 0.443. The molecule has 0 aromatic heterocycles. The van der Waals surface area contributed by atoms with Gasteiger partial charge in [0.15, 0.2) is 0 Å². The van der Waals surface area contributed by atoms with Crippen molar-refractivity contribution < 1.29 is 29.9 Å². The van der Waals surface area contributed by atoms with E-state index in [1.165, 1.54) is 0 Å². The lowest BCUT2D eigenvalue weighted by atomic mass is 9.91. The molecule has 2 rings (SSSR count). The van der Waals surface area contributed by atoms with Gasteiger partial charge in [0.05, 0.1) is 13.2 Å². The van der Waals surface area contributed by atoms with Gasteiger partial charge in [-0.25, -0.2) is 0 Å². The Balaban J connectivity index is 2.09. The van der Waals surface area contributed by atoms with Crippen molar-refractivity contribution in [2.45, 2.75) is 63.1 Å². The largest absolute Gasteiger partial charge is 0.493 e. The van der Waals surface area contributed by atoms with E-state index >= 15 is 0 Å². The summed E-state index contributed by atoms with van der Waals surface area (Å²) >= 11 is 0. The molecule has 4 N–H and O–H groups in total. The smallest absolute Gasteiger partial charge is 0.125 e. The molecule has 0 aliphatic carbocycles. The fraction of sp³-hybridized carbons (Fsp3) is 0.667. The summed E-state index contributed by atoms with van der Waals surface area (Å²) in [4.78, 5) is 0. The Labute approximate surface area is 142 Å². The fourth-order valence-electron chi connectivity index (χ4n) is 2.92. The summed E-state index contributed by atoms with van der Waals surface area (Å²) in [5, 5.41) is 39.4. The lowest BCUT2D eigenvalue weighted by Crippen LogP contribution is -2.55. The van der Waals surface area contributed by atoms with Gasteiger partial charge in [0.1, 0.15) is 36.3 Å². The summed E-state index contributed by atoms with van der Waals surface area (Å²) in [6, 6.07) is 7.17. The number of rotatable bonds is 8. The van der Waals surface area contributed by atoms with Gasteiger partial charge in [-0.15, -0.1) is 0 Å². The van der Waals surface area contributed by atoms with Crippen molar-refractivity contribution in [2.75, 3.05) is 13.2 Å². The molecule has 1 fully saturated rings. The van der Waals surface area contributed by atoms with Gasteiger partial charge in [-0.2, -0.15) is 0 Å². The number of hydrogen-bond acceptors (Lipinski definition) is 6. The van der Waals surface area contributed by atoms with Gasteiger partial charge in [0.2, 0.25) is 0 Å². The molecular formula is C18H28O6. The van der Waals surface area contributed by atoms with Crippen molar-refractivity contribution in [3.63, 3.8) is 0 Å². The van der Waals surface area contributed by atoms with Crippen LogP contribution in [0, 0.1) is 0 Å². The molecule has 1 saturated heterocycles. The third kappa shape index (κ3) is 4.46. The molecule has 1 aliphatic rings. The highest BCUT2D eigenvalue weighted by Gasteiger charge is 2.44. The molecule has 6 nitrogen and oxygen atoms in total. The summed E-state index contributed by atoms with van der Waals surface area (Å²) in [6.45, 7) is 2.27. The van der Waals surface area contributed by atoms with E-state index in [1.54, 1.807) is 18.2 Å². The topological polar surface area (TPSA) is 99.4 Å². The van der Waals surface area contributed by atoms with Crippen molar-refractivity contribution >= 4 is 0 Å². The van der Waals surface area contributed by atoms with E-state index in [1.807, 2.05) is 6.07 Å². The Bertz CT molecular complexity index is 492. The van der Waals surface area contributed by atoms with Crippen molar-refractivity contribution in [3.8, 4) is 5.75 Å². The summed E-state index contributed by atoms with van der Waals surface area (Å²) in [5.74, 6) is 0.582. The average Bonchev–Trinajstić information content (AvgIpc) is 2.60. The first-order valence-electron chi connectivity index (χ1n) is 8.62. The zero-order chi connectivity index (χ0) is 17.5. The molecule has 1 unspecified atom stereocenters. The zero-order valence-corrected chi connectivity index (χ0v) is 14.0. The Morgan fingerprint density at radius 1 is 1.00 bits per heavy atom. The molecular weight excluding hydrogens is 312 g/mol. The second-order valence-corrected chi connectivity index (χ2v) is 6.20. The SMILES string of the molecule is CCCCCCOc1ccccc1C1O[C@H](CO)[C@H](O)[C@H](O)[C@H]1O. The van der Waals surface area contributed by atoms with Crippen LogP contribution in [0.5, 0.6) is 5.75 Å². The maximum atomic E-state index is 10.3. The summed E-state index contributed by atoms with van der Waals surface area (Å²) in [7, 11) is 0. The highest BCUT2D eigenvalue weighted by molar-refractivity contribution is 5.36. The number of aliphatic hydroxyl groups excluding tert-OH is 4.